The molecule has 0 saturated carbocycles. The first-order chi connectivity index (χ1) is 9.26. The van der Waals surface area contributed by atoms with Crippen LogP contribution in [-0.4, -0.2) is 32.4 Å². The van der Waals surface area contributed by atoms with Crippen LogP contribution < -0.4 is 0 Å². The smallest absolute Gasteiger partial charge is 0.118 e. The quantitative estimate of drug-likeness (QED) is 0.911. The fraction of sp³-hybridized carbons (Fsp3) is 0.500. The Balaban J connectivity index is 1.80. The SMILES string of the molecule is Cc1ccc(CN2Cc3ccnn3CC[C@H]2CO)o1. The lowest BCUT2D eigenvalue weighted by Gasteiger charge is -2.26. The van der Waals surface area contributed by atoms with E-state index < -0.39 is 0 Å². The molecule has 0 radical (unpaired) electrons. The summed E-state index contributed by atoms with van der Waals surface area (Å²) >= 11 is 0. The van der Waals surface area contributed by atoms with Crippen LogP contribution in [0.4, 0.5) is 0 Å². The van der Waals surface area contributed by atoms with Gasteiger partial charge in [-0.3, -0.25) is 9.58 Å². The third-order valence-corrected chi connectivity index (χ3v) is 3.73. The normalized spacial score (nSPS) is 20.2. The first kappa shape index (κ1) is 12.4. The standard InChI is InChI=1S/C14H19N3O2/c1-11-2-3-14(19-11)9-16-8-12-4-6-15-17(12)7-5-13(16)10-18/h2-4,6,13,18H,5,7-10H2,1H3/t13-/m0/s1. The minimum Gasteiger partial charge on any atom is -0.465 e. The first-order valence-corrected chi connectivity index (χ1v) is 6.67. The van der Waals surface area contributed by atoms with Crippen LogP contribution in [0.1, 0.15) is 23.6 Å². The van der Waals surface area contributed by atoms with Gasteiger partial charge in [0.1, 0.15) is 11.5 Å². The van der Waals surface area contributed by atoms with Gasteiger partial charge in [0.2, 0.25) is 0 Å². The van der Waals surface area contributed by atoms with Crippen LogP contribution in [0.15, 0.2) is 28.8 Å². The molecule has 1 aliphatic rings. The summed E-state index contributed by atoms with van der Waals surface area (Å²) in [5.74, 6) is 1.87. The zero-order valence-electron chi connectivity index (χ0n) is 11.1. The van der Waals surface area contributed by atoms with E-state index >= 15 is 0 Å². The van der Waals surface area contributed by atoms with E-state index in [0.717, 1.165) is 37.6 Å². The maximum Gasteiger partial charge on any atom is 0.118 e. The molecule has 5 heteroatoms. The van der Waals surface area contributed by atoms with Crippen molar-refractivity contribution >= 4 is 0 Å². The number of aliphatic hydroxyl groups is 1. The summed E-state index contributed by atoms with van der Waals surface area (Å²) < 4.78 is 7.67. The maximum absolute atomic E-state index is 9.58. The fourth-order valence-electron chi connectivity index (χ4n) is 2.65. The van der Waals surface area contributed by atoms with Gasteiger partial charge >= 0.3 is 0 Å². The molecule has 0 fully saturated rings. The van der Waals surface area contributed by atoms with Gasteiger partial charge in [0.05, 0.1) is 18.8 Å². The number of hydrogen-bond donors (Lipinski definition) is 1. The van der Waals surface area contributed by atoms with E-state index in [1.165, 1.54) is 5.69 Å². The Morgan fingerprint density at radius 1 is 1.42 bits per heavy atom. The summed E-state index contributed by atoms with van der Waals surface area (Å²) in [6.07, 6.45) is 2.74. The highest BCUT2D eigenvalue weighted by Crippen LogP contribution is 2.20. The van der Waals surface area contributed by atoms with Gasteiger partial charge < -0.3 is 9.52 Å². The number of aliphatic hydroxyl groups excluding tert-OH is 1. The summed E-state index contributed by atoms with van der Waals surface area (Å²) in [5.41, 5.74) is 1.19. The third-order valence-electron chi connectivity index (χ3n) is 3.73. The van der Waals surface area contributed by atoms with E-state index in [0.29, 0.717) is 0 Å². The molecule has 19 heavy (non-hydrogen) atoms. The Morgan fingerprint density at radius 3 is 3.05 bits per heavy atom. The number of hydrogen-bond acceptors (Lipinski definition) is 4. The molecule has 0 aromatic carbocycles. The number of nitrogens with zero attached hydrogens (tertiary/aromatic N) is 3. The van der Waals surface area contributed by atoms with Crippen molar-refractivity contribution in [2.45, 2.75) is 39.0 Å². The van der Waals surface area contributed by atoms with Gasteiger partial charge in [-0.2, -0.15) is 5.10 Å². The lowest BCUT2D eigenvalue weighted by Crippen LogP contribution is -2.36. The summed E-state index contributed by atoms with van der Waals surface area (Å²) in [6.45, 7) is 4.51. The predicted molar refractivity (Wildman–Crippen MR) is 70.4 cm³/mol. The topological polar surface area (TPSA) is 54.4 Å². The van der Waals surface area contributed by atoms with Crippen LogP contribution in [0.2, 0.25) is 0 Å². The fourth-order valence-corrected chi connectivity index (χ4v) is 2.65. The molecule has 1 atom stereocenters. The molecule has 5 nitrogen and oxygen atoms in total. The Hall–Kier alpha value is -1.59. The highest BCUT2D eigenvalue weighted by Gasteiger charge is 2.24. The van der Waals surface area contributed by atoms with Crippen LogP contribution in [-0.2, 0) is 19.6 Å². The van der Waals surface area contributed by atoms with Crippen LogP contribution >= 0.6 is 0 Å². The number of fused-ring (bicyclic) bond motifs is 1. The van der Waals surface area contributed by atoms with Gasteiger partial charge in [0.15, 0.2) is 0 Å². The largest absolute Gasteiger partial charge is 0.465 e. The Morgan fingerprint density at radius 2 is 2.32 bits per heavy atom. The van der Waals surface area contributed by atoms with Crippen LogP contribution in [0.3, 0.4) is 0 Å². The third kappa shape index (κ3) is 2.57. The minimum atomic E-state index is 0.159. The first-order valence-electron chi connectivity index (χ1n) is 6.67. The second-order valence-electron chi connectivity index (χ2n) is 5.09. The summed E-state index contributed by atoms with van der Waals surface area (Å²) in [6, 6.07) is 6.18. The average Bonchev–Trinajstić information content (AvgIpc) is 2.96. The molecule has 2 aromatic rings. The molecule has 1 aliphatic heterocycles. The van der Waals surface area contributed by atoms with E-state index in [9.17, 15) is 5.11 Å². The van der Waals surface area contributed by atoms with Gasteiger partial charge in [-0.25, -0.2) is 0 Å². The Kier molecular flexibility index (Phi) is 3.40. The molecule has 0 saturated heterocycles. The molecule has 0 bridgehead atoms. The second kappa shape index (κ2) is 5.19. The van der Waals surface area contributed by atoms with Gasteiger partial charge in [-0.15, -0.1) is 0 Å². The molecular weight excluding hydrogens is 242 g/mol. The molecule has 3 heterocycles. The number of rotatable bonds is 3. The molecule has 2 aromatic heterocycles. The zero-order chi connectivity index (χ0) is 13.2. The number of furan rings is 1. The molecule has 0 unspecified atom stereocenters. The molecular formula is C14H19N3O2. The van der Waals surface area contributed by atoms with Crippen molar-refractivity contribution in [3.8, 4) is 0 Å². The Labute approximate surface area is 112 Å². The van der Waals surface area contributed by atoms with Gasteiger partial charge in [-0.05, 0) is 31.5 Å². The van der Waals surface area contributed by atoms with Gasteiger partial charge in [0, 0.05) is 25.3 Å². The molecule has 1 N–H and O–H groups in total. The lowest BCUT2D eigenvalue weighted by atomic mass is 10.2. The summed E-state index contributed by atoms with van der Waals surface area (Å²) in [4.78, 5) is 2.26. The van der Waals surface area contributed by atoms with Crippen LogP contribution in [0, 0.1) is 6.92 Å². The van der Waals surface area contributed by atoms with E-state index in [4.69, 9.17) is 4.42 Å². The van der Waals surface area contributed by atoms with Gasteiger partial charge in [-0.1, -0.05) is 0 Å². The monoisotopic (exact) mass is 261 g/mol. The number of aromatic nitrogens is 2. The van der Waals surface area contributed by atoms with Crippen molar-refractivity contribution in [2.75, 3.05) is 6.61 Å². The molecule has 0 aliphatic carbocycles. The molecule has 0 spiro atoms. The highest BCUT2D eigenvalue weighted by molar-refractivity contribution is 5.07. The van der Waals surface area contributed by atoms with Crippen molar-refractivity contribution in [3.63, 3.8) is 0 Å². The summed E-state index contributed by atoms with van der Waals surface area (Å²) in [7, 11) is 0. The molecule has 0 amide bonds. The summed E-state index contributed by atoms with van der Waals surface area (Å²) in [5, 5.41) is 13.9. The van der Waals surface area contributed by atoms with Crippen LogP contribution in [0.5, 0.6) is 0 Å². The van der Waals surface area contributed by atoms with Crippen molar-refractivity contribution < 1.29 is 9.52 Å². The lowest BCUT2D eigenvalue weighted by molar-refractivity contribution is 0.101. The predicted octanol–water partition coefficient (Wildman–Crippen LogP) is 1.55. The maximum atomic E-state index is 9.58. The van der Waals surface area contributed by atoms with Crippen molar-refractivity contribution in [1.82, 2.24) is 14.7 Å². The Bertz CT molecular complexity index is 546. The van der Waals surface area contributed by atoms with Crippen molar-refractivity contribution in [1.29, 1.82) is 0 Å². The molecule has 3 rings (SSSR count). The van der Waals surface area contributed by atoms with E-state index in [1.807, 2.05) is 36.0 Å². The zero-order valence-corrected chi connectivity index (χ0v) is 11.1. The van der Waals surface area contributed by atoms with Crippen LogP contribution in [0.25, 0.3) is 0 Å². The van der Waals surface area contributed by atoms with Gasteiger partial charge in [0.25, 0.3) is 0 Å². The van der Waals surface area contributed by atoms with Crippen molar-refractivity contribution in [3.05, 3.63) is 41.6 Å². The van der Waals surface area contributed by atoms with Crippen molar-refractivity contribution in [2.24, 2.45) is 0 Å². The minimum absolute atomic E-state index is 0.159. The van der Waals surface area contributed by atoms with E-state index in [-0.39, 0.29) is 12.6 Å². The highest BCUT2D eigenvalue weighted by atomic mass is 16.3. The number of aryl methyl sites for hydroxylation is 2. The molecule has 102 valence electrons. The average molecular weight is 261 g/mol. The van der Waals surface area contributed by atoms with E-state index in [1.54, 1.807) is 0 Å². The second-order valence-corrected chi connectivity index (χ2v) is 5.09. The van der Waals surface area contributed by atoms with E-state index in [2.05, 4.69) is 10.00 Å².